The van der Waals surface area contributed by atoms with Crippen molar-refractivity contribution >= 4 is 11.7 Å². The van der Waals surface area contributed by atoms with Crippen LogP contribution in [-0.4, -0.2) is 27.8 Å². The van der Waals surface area contributed by atoms with Crippen LogP contribution in [0.4, 0.5) is 5.69 Å². The number of carbonyl (C=O) groups is 1. The van der Waals surface area contributed by atoms with Gasteiger partial charge in [-0.2, -0.15) is 4.98 Å². The van der Waals surface area contributed by atoms with Crippen molar-refractivity contribution < 1.29 is 14.4 Å². The molecule has 1 aromatic heterocycles. The minimum Gasteiger partial charge on any atom is -0.481 e. The Labute approximate surface area is 185 Å². The van der Waals surface area contributed by atoms with Crippen LogP contribution in [0.2, 0.25) is 0 Å². The maximum absolute atomic E-state index is 10.6. The molecule has 1 heterocycles. The zero-order valence-corrected chi connectivity index (χ0v) is 17.7. The summed E-state index contributed by atoms with van der Waals surface area (Å²) in [5.74, 6) is 0.157. The van der Waals surface area contributed by atoms with E-state index in [9.17, 15) is 4.79 Å². The van der Waals surface area contributed by atoms with Crippen molar-refractivity contribution in [2.45, 2.75) is 19.9 Å². The van der Waals surface area contributed by atoms with Crippen molar-refractivity contribution in [3.8, 4) is 34.0 Å². The van der Waals surface area contributed by atoms with E-state index in [0.29, 0.717) is 24.8 Å². The molecule has 0 radical (unpaired) electrons. The Kier molecular flexibility index (Phi) is 6.28. The van der Waals surface area contributed by atoms with Crippen LogP contribution in [-0.2, 0) is 11.3 Å². The van der Waals surface area contributed by atoms with Gasteiger partial charge in [0.05, 0.1) is 6.42 Å². The van der Waals surface area contributed by atoms with Crippen LogP contribution in [0.1, 0.15) is 17.5 Å². The lowest BCUT2D eigenvalue weighted by Crippen LogP contribution is -2.17. The summed E-state index contributed by atoms with van der Waals surface area (Å²) in [5.41, 5.74) is 12.7. The number of nitrogens with zero attached hydrogens (tertiary/aromatic N) is 2. The fraction of sp³-hybridized carbons (Fsp3) is 0.160. The Hall–Kier alpha value is -3.97. The van der Waals surface area contributed by atoms with Gasteiger partial charge in [0, 0.05) is 35.5 Å². The van der Waals surface area contributed by atoms with E-state index in [-0.39, 0.29) is 6.42 Å². The molecule has 0 aliphatic rings. The molecule has 0 spiro atoms. The first-order valence-corrected chi connectivity index (χ1v) is 10.3. The molecule has 32 heavy (non-hydrogen) atoms. The number of hydrogen-bond acceptors (Lipinski definition) is 6. The summed E-state index contributed by atoms with van der Waals surface area (Å²) >= 11 is 0. The van der Waals surface area contributed by atoms with Gasteiger partial charge in [0.1, 0.15) is 0 Å². The van der Waals surface area contributed by atoms with Crippen molar-refractivity contribution in [1.29, 1.82) is 0 Å². The number of nitrogens with two attached hydrogens (primary N) is 1. The predicted molar refractivity (Wildman–Crippen MR) is 124 cm³/mol. The van der Waals surface area contributed by atoms with Crippen LogP contribution in [0, 0.1) is 6.92 Å². The number of anilines is 1. The van der Waals surface area contributed by atoms with Crippen LogP contribution >= 0.6 is 0 Å². The molecule has 0 amide bonds. The van der Waals surface area contributed by atoms with Crippen molar-refractivity contribution in [2.75, 3.05) is 12.3 Å². The number of benzene rings is 3. The molecule has 4 rings (SSSR count). The summed E-state index contributed by atoms with van der Waals surface area (Å²) < 4.78 is 5.51. The average Bonchev–Trinajstić information content (AvgIpc) is 3.28. The molecule has 0 fully saturated rings. The Morgan fingerprint density at radius 2 is 1.78 bits per heavy atom. The topological polar surface area (TPSA) is 114 Å². The van der Waals surface area contributed by atoms with Crippen LogP contribution in [0.15, 0.2) is 71.3 Å². The number of nitrogen functional groups attached to an aromatic ring is 1. The van der Waals surface area contributed by atoms with E-state index < -0.39 is 5.97 Å². The minimum atomic E-state index is -0.810. The van der Waals surface area contributed by atoms with E-state index in [1.165, 1.54) is 0 Å². The molecule has 4 aromatic rings. The number of aromatic nitrogens is 2. The van der Waals surface area contributed by atoms with E-state index in [4.69, 9.17) is 15.4 Å². The smallest absolute Gasteiger partial charge is 0.304 e. The summed E-state index contributed by atoms with van der Waals surface area (Å²) in [6.45, 7) is 3.06. The normalized spacial score (nSPS) is 10.9. The number of carboxylic acids is 1. The molecule has 7 nitrogen and oxygen atoms in total. The van der Waals surface area contributed by atoms with E-state index in [0.717, 1.165) is 39.1 Å². The third-order valence-corrected chi connectivity index (χ3v) is 5.21. The van der Waals surface area contributed by atoms with E-state index in [1.54, 1.807) is 0 Å². The Bertz CT molecular complexity index is 1230. The van der Waals surface area contributed by atoms with Gasteiger partial charge in [-0.15, -0.1) is 0 Å². The van der Waals surface area contributed by atoms with Gasteiger partial charge in [-0.3, -0.25) is 4.79 Å². The largest absolute Gasteiger partial charge is 0.481 e. The zero-order valence-electron chi connectivity index (χ0n) is 17.7. The third kappa shape index (κ3) is 4.84. The van der Waals surface area contributed by atoms with Crippen LogP contribution in [0.3, 0.4) is 0 Å². The van der Waals surface area contributed by atoms with Gasteiger partial charge in [0.25, 0.3) is 5.89 Å². The minimum absolute atomic E-state index is 0.100. The number of aliphatic carboxylic acids is 1. The molecule has 0 saturated heterocycles. The number of para-hydroxylation sites is 1. The van der Waals surface area contributed by atoms with Gasteiger partial charge in [-0.05, 0) is 41.8 Å². The third-order valence-electron chi connectivity index (χ3n) is 5.21. The molecule has 0 unspecified atom stereocenters. The monoisotopic (exact) mass is 428 g/mol. The van der Waals surface area contributed by atoms with Gasteiger partial charge in [-0.25, -0.2) is 0 Å². The lowest BCUT2D eigenvalue weighted by atomic mass is 9.97. The summed E-state index contributed by atoms with van der Waals surface area (Å²) in [6, 6.07) is 21.6. The van der Waals surface area contributed by atoms with Crippen molar-refractivity contribution in [3.05, 3.63) is 77.9 Å². The average molecular weight is 428 g/mol. The summed E-state index contributed by atoms with van der Waals surface area (Å²) in [7, 11) is 0. The van der Waals surface area contributed by atoms with Crippen LogP contribution in [0.5, 0.6) is 0 Å². The molecule has 0 atom stereocenters. The highest BCUT2D eigenvalue weighted by atomic mass is 16.5. The molecular weight excluding hydrogens is 404 g/mol. The van der Waals surface area contributed by atoms with Gasteiger partial charge >= 0.3 is 5.97 Å². The van der Waals surface area contributed by atoms with Crippen LogP contribution in [0.25, 0.3) is 34.0 Å². The highest BCUT2D eigenvalue weighted by molar-refractivity contribution is 5.80. The molecule has 162 valence electrons. The molecule has 0 aliphatic heterocycles. The number of aryl methyl sites for hydroxylation is 1. The fourth-order valence-corrected chi connectivity index (χ4v) is 3.50. The van der Waals surface area contributed by atoms with Gasteiger partial charge in [0.15, 0.2) is 0 Å². The first-order valence-electron chi connectivity index (χ1n) is 10.3. The zero-order chi connectivity index (χ0) is 22.5. The van der Waals surface area contributed by atoms with Gasteiger partial charge in [0.2, 0.25) is 5.82 Å². The summed E-state index contributed by atoms with van der Waals surface area (Å²) in [4.78, 5) is 15.1. The van der Waals surface area contributed by atoms with Crippen molar-refractivity contribution in [2.24, 2.45) is 0 Å². The first kappa shape index (κ1) is 21.3. The highest BCUT2D eigenvalue weighted by Crippen LogP contribution is 2.31. The second kappa shape index (κ2) is 9.45. The van der Waals surface area contributed by atoms with Crippen molar-refractivity contribution in [3.63, 3.8) is 0 Å². The maximum atomic E-state index is 10.6. The van der Waals surface area contributed by atoms with Crippen molar-refractivity contribution in [1.82, 2.24) is 15.5 Å². The second-order valence-corrected chi connectivity index (χ2v) is 7.56. The predicted octanol–water partition coefficient (Wildman–Crippen LogP) is 4.53. The standard InChI is InChI=1S/C25H24N4O3/c1-16-14-19(10-11-20(16)21-4-2-3-5-22(21)26)25-28-24(29-32-25)18-8-6-17(7-9-18)15-27-13-12-23(30)31/h2-11,14,27H,12-13,15,26H2,1H3,(H,30,31). The second-order valence-electron chi connectivity index (χ2n) is 7.56. The summed E-state index contributed by atoms with van der Waals surface area (Å²) in [5, 5.41) is 15.9. The van der Waals surface area contributed by atoms with Crippen LogP contribution < -0.4 is 11.1 Å². The van der Waals surface area contributed by atoms with Gasteiger partial charge < -0.3 is 20.7 Å². The quantitative estimate of drug-likeness (QED) is 0.279. The lowest BCUT2D eigenvalue weighted by molar-refractivity contribution is -0.136. The summed E-state index contributed by atoms with van der Waals surface area (Å²) in [6.07, 6.45) is 0.100. The molecule has 7 heteroatoms. The highest BCUT2D eigenvalue weighted by Gasteiger charge is 2.13. The van der Waals surface area contributed by atoms with E-state index >= 15 is 0 Å². The Morgan fingerprint density at radius 1 is 1.03 bits per heavy atom. The molecule has 0 bridgehead atoms. The number of nitrogens with one attached hydrogen (secondary N) is 1. The van der Waals surface area contributed by atoms with Gasteiger partial charge in [-0.1, -0.05) is 53.7 Å². The SMILES string of the molecule is Cc1cc(-c2nc(-c3ccc(CNCCC(=O)O)cc3)no2)ccc1-c1ccccc1N. The maximum Gasteiger partial charge on any atom is 0.304 e. The number of rotatable bonds is 8. The lowest BCUT2D eigenvalue weighted by Gasteiger charge is -2.09. The molecule has 0 aliphatic carbocycles. The molecule has 4 N–H and O–H groups in total. The van der Waals surface area contributed by atoms with E-state index in [1.807, 2.05) is 73.7 Å². The number of carboxylic acid groups (broad SMARTS) is 1. The Balaban J connectivity index is 1.47. The van der Waals surface area contributed by atoms with E-state index in [2.05, 4.69) is 15.5 Å². The molecule has 3 aromatic carbocycles. The fourth-order valence-electron chi connectivity index (χ4n) is 3.50. The number of hydrogen-bond donors (Lipinski definition) is 3. The first-order chi connectivity index (χ1) is 15.5. The molecule has 0 saturated carbocycles. The Morgan fingerprint density at radius 3 is 2.50 bits per heavy atom. The molecular formula is C25H24N4O3.